The van der Waals surface area contributed by atoms with Crippen molar-refractivity contribution < 1.29 is 32.2 Å². The summed E-state index contributed by atoms with van der Waals surface area (Å²) < 4.78 is 49.5. The minimum Gasteiger partial charge on any atom is -0.490 e. The Labute approximate surface area is 194 Å². The first-order valence-corrected chi connectivity index (χ1v) is 10.5. The quantitative estimate of drug-likeness (QED) is 0.418. The molecule has 2 N–H and O–H groups in total. The number of alkyl halides is 3. The highest BCUT2D eigenvalue weighted by atomic mass is 19.4. The Kier molecular flexibility index (Phi) is 7.79. The van der Waals surface area contributed by atoms with Gasteiger partial charge in [-0.1, -0.05) is 12.1 Å². The molecule has 34 heavy (non-hydrogen) atoms. The SMILES string of the molecule is CCOc1cc(/C=C(\C#N)C(=O)NC2CC2)ccc1OCC(=O)Nc1cccc(C(F)(F)F)c1. The molecule has 0 aliphatic heterocycles. The molecule has 1 fully saturated rings. The zero-order chi connectivity index (χ0) is 24.7. The molecule has 0 heterocycles. The fourth-order valence-electron chi connectivity index (χ4n) is 2.92. The summed E-state index contributed by atoms with van der Waals surface area (Å²) in [6, 6.07) is 10.9. The van der Waals surface area contributed by atoms with Gasteiger partial charge >= 0.3 is 6.18 Å². The first-order chi connectivity index (χ1) is 16.2. The number of ether oxygens (including phenoxy) is 2. The van der Waals surface area contributed by atoms with Gasteiger partial charge in [-0.25, -0.2) is 0 Å². The van der Waals surface area contributed by atoms with Crippen LogP contribution in [0, 0.1) is 11.3 Å². The number of carbonyl (C=O) groups is 2. The first-order valence-electron chi connectivity index (χ1n) is 10.5. The Morgan fingerprint density at radius 1 is 1.15 bits per heavy atom. The maximum absolute atomic E-state index is 12.8. The standard InChI is InChI=1S/C24H22F3N3O4/c1-2-33-21-11-15(10-16(13-28)23(32)30-18-7-8-18)6-9-20(21)34-14-22(31)29-19-5-3-4-17(12-19)24(25,26)27/h3-6,9-12,18H,2,7-8,14H2,1H3,(H,29,31)(H,30,32)/b16-10+. The lowest BCUT2D eigenvalue weighted by molar-refractivity contribution is -0.137. The fraction of sp³-hybridized carbons (Fsp3) is 0.292. The van der Waals surface area contributed by atoms with Crippen molar-refractivity contribution in [2.24, 2.45) is 0 Å². The normalized spacial score (nSPS) is 13.6. The third-order valence-corrected chi connectivity index (χ3v) is 4.69. The number of hydrogen-bond acceptors (Lipinski definition) is 5. The van der Waals surface area contributed by atoms with Crippen molar-refractivity contribution in [2.75, 3.05) is 18.5 Å². The van der Waals surface area contributed by atoms with E-state index >= 15 is 0 Å². The summed E-state index contributed by atoms with van der Waals surface area (Å²) in [5.41, 5.74) is -0.423. The van der Waals surface area contributed by atoms with Gasteiger partial charge in [0.2, 0.25) is 0 Å². The Morgan fingerprint density at radius 2 is 1.91 bits per heavy atom. The van der Waals surface area contributed by atoms with Gasteiger partial charge in [0, 0.05) is 11.7 Å². The molecule has 2 aromatic rings. The lowest BCUT2D eigenvalue weighted by atomic mass is 10.1. The third kappa shape index (κ3) is 7.00. The fourth-order valence-corrected chi connectivity index (χ4v) is 2.92. The number of nitrogens with zero attached hydrogens (tertiary/aromatic N) is 1. The van der Waals surface area contributed by atoms with Crippen molar-refractivity contribution in [1.82, 2.24) is 5.32 Å². The van der Waals surface area contributed by atoms with Crippen molar-refractivity contribution in [1.29, 1.82) is 5.26 Å². The van der Waals surface area contributed by atoms with Crippen LogP contribution in [0.15, 0.2) is 48.0 Å². The number of nitrogens with one attached hydrogen (secondary N) is 2. The average Bonchev–Trinajstić information content (AvgIpc) is 3.60. The topological polar surface area (TPSA) is 100 Å². The van der Waals surface area contributed by atoms with E-state index in [2.05, 4.69) is 10.6 Å². The Bertz CT molecular complexity index is 1140. The second-order valence-electron chi connectivity index (χ2n) is 7.47. The van der Waals surface area contributed by atoms with Gasteiger partial charge < -0.3 is 20.1 Å². The molecule has 3 rings (SSSR count). The van der Waals surface area contributed by atoms with Crippen LogP contribution in [-0.2, 0) is 15.8 Å². The highest BCUT2D eigenvalue weighted by molar-refractivity contribution is 6.02. The van der Waals surface area contributed by atoms with Gasteiger partial charge in [-0.05, 0) is 61.7 Å². The molecule has 0 saturated heterocycles. The molecule has 0 unspecified atom stereocenters. The molecule has 0 spiro atoms. The van der Waals surface area contributed by atoms with Crippen LogP contribution in [-0.4, -0.2) is 31.1 Å². The van der Waals surface area contributed by atoms with E-state index in [1.54, 1.807) is 19.1 Å². The van der Waals surface area contributed by atoms with E-state index in [0.717, 1.165) is 25.0 Å². The number of halogens is 3. The van der Waals surface area contributed by atoms with E-state index in [4.69, 9.17) is 9.47 Å². The summed E-state index contributed by atoms with van der Waals surface area (Å²) in [6.45, 7) is 1.56. The van der Waals surface area contributed by atoms with Crippen molar-refractivity contribution in [2.45, 2.75) is 32.0 Å². The number of nitriles is 1. The maximum Gasteiger partial charge on any atom is 0.416 e. The van der Waals surface area contributed by atoms with Crippen molar-refractivity contribution in [3.8, 4) is 17.6 Å². The van der Waals surface area contributed by atoms with E-state index in [1.807, 2.05) is 6.07 Å². The van der Waals surface area contributed by atoms with E-state index in [-0.39, 0.29) is 35.4 Å². The first kappa shape index (κ1) is 24.6. The molecular formula is C24H22F3N3O4. The Balaban J connectivity index is 1.67. The predicted molar refractivity (Wildman–Crippen MR) is 118 cm³/mol. The lowest BCUT2D eigenvalue weighted by Crippen LogP contribution is -2.26. The molecule has 0 atom stereocenters. The van der Waals surface area contributed by atoms with Crippen LogP contribution in [0.25, 0.3) is 6.08 Å². The second kappa shape index (κ2) is 10.7. The van der Waals surface area contributed by atoms with Gasteiger partial charge in [-0.3, -0.25) is 9.59 Å². The second-order valence-corrected chi connectivity index (χ2v) is 7.47. The molecule has 7 nitrogen and oxygen atoms in total. The highest BCUT2D eigenvalue weighted by Gasteiger charge is 2.30. The van der Waals surface area contributed by atoms with Gasteiger partial charge in [0.15, 0.2) is 18.1 Å². The summed E-state index contributed by atoms with van der Waals surface area (Å²) in [6.07, 6.45) is -1.31. The minimum absolute atomic E-state index is 0.0116. The van der Waals surface area contributed by atoms with Crippen LogP contribution >= 0.6 is 0 Å². The van der Waals surface area contributed by atoms with Gasteiger partial charge in [0.05, 0.1) is 12.2 Å². The van der Waals surface area contributed by atoms with Crippen molar-refractivity contribution >= 4 is 23.6 Å². The largest absolute Gasteiger partial charge is 0.490 e. The van der Waals surface area contributed by atoms with E-state index in [9.17, 15) is 28.0 Å². The summed E-state index contributed by atoms with van der Waals surface area (Å²) in [5.74, 6) is -0.606. The summed E-state index contributed by atoms with van der Waals surface area (Å²) in [4.78, 5) is 24.3. The smallest absolute Gasteiger partial charge is 0.416 e. The molecule has 2 amide bonds. The molecule has 0 aromatic heterocycles. The Morgan fingerprint density at radius 3 is 2.56 bits per heavy atom. The van der Waals surface area contributed by atoms with Gasteiger partial charge in [-0.2, -0.15) is 18.4 Å². The predicted octanol–water partition coefficient (Wildman–Crippen LogP) is 4.31. The van der Waals surface area contributed by atoms with Crippen LogP contribution in [0.2, 0.25) is 0 Å². The zero-order valence-electron chi connectivity index (χ0n) is 18.2. The van der Waals surface area contributed by atoms with Gasteiger partial charge in [0.1, 0.15) is 11.6 Å². The van der Waals surface area contributed by atoms with Crippen molar-refractivity contribution in [3.05, 3.63) is 59.2 Å². The number of hydrogen-bond donors (Lipinski definition) is 2. The number of amides is 2. The zero-order valence-corrected chi connectivity index (χ0v) is 18.2. The highest BCUT2D eigenvalue weighted by Crippen LogP contribution is 2.31. The average molecular weight is 473 g/mol. The minimum atomic E-state index is -4.52. The van der Waals surface area contributed by atoms with Crippen molar-refractivity contribution in [3.63, 3.8) is 0 Å². The molecule has 2 aromatic carbocycles. The molecule has 178 valence electrons. The van der Waals surface area contributed by atoms with E-state index < -0.39 is 30.2 Å². The molecular weight excluding hydrogens is 451 g/mol. The molecule has 0 bridgehead atoms. The van der Waals surface area contributed by atoms with Crippen LogP contribution in [0.5, 0.6) is 11.5 Å². The summed E-state index contributed by atoms with van der Waals surface area (Å²) in [5, 5.41) is 14.4. The number of carbonyl (C=O) groups excluding carboxylic acids is 2. The van der Waals surface area contributed by atoms with Crippen LogP contribution < -0.4 is 20.1 Å². The van der Waals surface area contributed by atoms with E-state index in [1.165, 1.54) is 24.3 Å². The molecule has 10 heteroatoms. The van der Waals surface area contributed by atoms with Crippen LogP contribution in [0.3, 0.4) is 0 Å². The maximum atomic E-state index is 12.8. The summed E-state index contributed by atoms with van der Waals surface area (Å²) >= 11 is 0. The number of rotatable bonds is 9. The third-order valence-electron chi connectivity index (χ3n) is 4.69. The molecule has 1 saturated carbocycles. The molecule has 0 radical (unpaired) electrons. The lowest BCUT2D eigenvalue weighted by Gasteiger charge is -2.13. The molecule has 1 aliphatic carbocycles. The number of anilines is 1. The Hall–Kier alpha value is -4.00. The van der Waals surface area contributed by atoms with Gasteiger partial charge in [0.25, 0.3) is 11.8 Å². The van der Waals surface area contributed by atoms with Gasteiger partial charge in [-0.15, -0.1) is 0 Å². The van der Waals surface area contributed by atoms with E-state index in [0.29, 0.717) is 5.56 Å². The molecule has 1 aliphatic rings. The monoisotopic (exact) mass is 473 g/mol. The number of benzene rings is 2. The van der Waals surface area contributed by atoms with Crippen LogP contribution in [0.1, 0.15) is 30.9 Å². The summed E-state index contributed by atoms with van der Waals surface area (Å²) in [7, 11) is 0. The van der Waals surface area contributed by atoms with Crippen LogP contribution in [0.4, 0.5) is 18.9 Å².